The highest BCUT2D eigenvalue weighted by Crippen LogP contribution is 2.13. The lowest BCUT2D eigenvalue weighted by molar-refractivity contribution is 0.772. The van der Waals surface area contributed by atoms with Gasteiger partial charge >= 0.3 is 0 Å². The van der Waals surface area contributed by atoms with Crippen LogP contribution in [0.5, 0.6) is 0 Å². The van der Waals surface area contributed by atoms with Gasteiger partial charge in [0.05, 0.1) is 0 Å². The fraction of sp³-hybridized carbons (Fsp3) is 0.500. The highest BCUT2D eigenvalue weighted by atomic mass is 32.1. The molecule has 0 aliphatic carbocycles. The summed E-state index contributed by atoms with van der Waals surface area (Å²) in [6, 6.07) is 4.29. The van der Waals surface area contributed by atoms with E-state index in [-0.39, 0.29) is 0 Å². The molecule has 0 aliphatic rings. The largest absolute Gasteiger partial charge is 0.263 e. The van der Waals surface area contributed by atoms with Crippen LogP contribution in [0.3, 0.4) is 0 Å². The molecular weight excluding hydrogens is 218 g/mol. The van der Waals surface area contributed by atoms with Gasteiger partial charge in [-0.05, 0) is 24.3 Å². The molecule has 0 atom stereocenters. The number of thiophene rings is 1. The van der Waals surface area contributed by atoms with Crippen LogP contribution in [0, 0.1) is 0 Å². The number of nitrogens with zero attached hydrogens (tertiary/aromatic N) is 2. The minimum absolute atomic E-state index is 0.405. The fourth-order valence-electron chi connectivity index (χ4n) is 1.56. The molecule has 0 amide bonds. The zero-order chi connectivity index (χ0) is 11.4. The topological polar surface area (TPSA) is 41.6 Å². The molecule has 2 aromatic heterocycles. The zero-order valence-electron chi connectivity index (χ0n) is 9.73. The SMILES string of the molecule is CC(C)c1n[nH]c(CCCc2cccs2)n1. The van der Waals surface area contributed by atoms with Gasteiger partial charge in [0, 0.05) is 17.2 Å². The maximum absolute atomic E-state index is 4.47. The Morgan fingerprint density at radius 1 is 1.38 bits per heavy atom. The minimum atomic E-state index is 0.405. The molecule has 0 aliphatic heterocycles. The van der Waals surface area contributed by atoms with Crippen LogP contribution in [0.4, 0.5) is 0 Å². The first-order valence-electron chi connectivity index (χ1n) is 5.69. The summed E-state index contributed by atoms with van der Waals surface area (Å²) in [6.07, 6.45) is 3.25. The number of aromatic amines is 1. The number of aromatic nitrogens is 3. The van der Waals surface area contributed by atoms with Crippen molar-refractivity contribution in [2.24, 2.45) is 0 Å². The van der Waals surface area contributed by atoms with Crippen LogP contribution >= 0.6 is 11.3 Å². The second-order valence-electron chi connectivity index (χ2n) is 4.23. The Hall–Kier alpha value is -1.16. The van der Waals surface area contributed by atoms with E-state index >= 15 is 0 Å². The van der Waals surface area contributed by atoms with E-state index in [4.69, 9.17) is 0 Å². The molecule has 1 N–H and O–H groups in total. The monoisotopic (exact) mass is 235 g/mol. The molecule has 3 nitrogen and oxygen atoms in total. The normalized spacial score (nSPS) is 11.2. The third kappa shape index (κ3) is 2.92. The van der Waals surface area contributed by atoms with Gasteiger partial charge in [-0.3, -0.25) is 5.10 Å². The molecule has 0 radical (unpaired) electrons. The van der Waals surface area contributed by atoms with Crippen LogP contribution in [-0.4, -0.2) is 15.2 Å². The molecule has 0 fully saturated rings. The average Bonchev–Trinajstić information content (AvgIpc) is 2.87. The molecule has 4 heteroatoms. The first-order chi connectivity index (χ1) is 7.75. The van der Waals surface area contributed by atoms with Crippen molar-refractivity contribution in [3.8, 4) is 0 Å². The highest BCUT2D eigenvalue weighted by molar-refractivity contribution is 7.09. The van der Waals surface area contributed by atoms with E-state index < -0.39 is 0 Å². The number of aryl methyl sites for hydroxylation is 2. The van der Waals surface area contributed by atoms with Crippen LogP contribution in [0.25, 0.3) is 0 Å². The summed E-state index contributed by atoms with van der Waals surface area (Å²) < 4.78 is 0. The smallest absolute Gasteiger partial charge is 0.153 e. The second kappa shape index (κ2) is 5.25. The molecule has 0 saturated heterocycles. The molecule has 16 heavy (non-hydrogen) atoms. The van der Waals surface area contributed by atoms with Crippen molar-refractivity contribution in [3.05, 3.63) is 34.0 Å². The predicted octanol–water partition coefficient (Wildman–Crippen LogP) is 3.16. The van der Waals surface area contributed by atoms with Crippen molar-refractivity contribution in [2.45, 2.75) is 39.0 Å². The van der Waals surface area contributed by atoms with Crippen molar-refractivity contribution in [1.82, 2.24) is 15.2 Å². The number of hydrogen-bond donors (Lipinski definition) is 1. The first-order valence-corrected chi connectivity index (χ1v) is 6.57. The molecule has 0 unspecified atom stereocenters. The van der Waals surface area contributed by atoms with Gasteiger partial charge in [0.2, 0.25) is 0 Å². The standard InChI is InChI=1S/C12H17N3S/c1-9(2)12-13-11(14-15-12)7-3-5-10-6-4-8-16-10/h4,6,8-9H,3,5,7H2,1-2H3,(H,13,14,15). The van der Waals surface area contributed by atoms with Gasteiger partial charge in [0.25, 0.3) is 0 Å². The lowest BCUT2D eigenvalue weighted by Gasteiger charge is -1.96. The highest BCUT2D eigenvalue weighted by Gasteiger charge is 2.06. The summed E-state index contributed by atoms with van der Waals surface area (Å²) in [5, 5.41) is 9.33. The fourth-order valence-corrected chi connectivity index (χ4v) is 2.32. The Bertz CT molecular complexity index is 417. The Morgan fingerprint density at radius 2 is 2.25 bits per heavy atom. The van der Waals surface area contributed by atoms with Gasteiger partial charge in [0.1, 0.15) is 5.82 Å². The third-order valence-electron chi connectivity index (χ3n) is 2.48. The van der Waals surface area contributed by atoms with Crippen molar-refractivity contribution in [3.63, 3.8) is 0 Å². The summed E-state index contributed by atoms with van der Waals surface area (Å²) in [6.45, 7) is 4.22. The summed E-state index contributed by atoms with van der Waals surface area (Å²) in [5.41, 5.74) is 0. The number of H-pyrrole nitrogens is 1. The molecule has 0 aromatic carbocycles. The minimum Gasteiger partial charge on any atom is -0.263 e. The quantitative estimate of drug-likeness (QED) is 0.865. The maximum atomic E-state index is 4.47. The van der Waals surface area contributed by atoms with Crippen molar-refractivity contribution in [1.29, 1.82) is 0 Å². The Labute approximate surface area is 99.9 Å². The van der Waals surface area contributed by atoms with E-state index in [1.807, 2.05) is 11.3 Å². The van der Waals surface area contributed by atoms with E-state index in [0.29, 0.717) is 5.92 Å². The van der Waals surface area contributed by atoms with Gasteiger partial charge < -0.3 is 0 Å². The lowest BCUT2D eigenvalue weighted by atomic mass is 10.2. The van der Waals surface area contributed by atoms with Crippen LogP contribution in [0.1, 0.15) is 42.7 Å². The molecule has 86 valence electrons. The van der Waals surface area contributed by atoms with Crippen LogP contribution in [0.2, 0.25) is 0 Å². The average molecular weight is 235 g/mol. The molecule has 0 saturated carbocycles. The van der Waals surface area contributed by atoms with Gasteiger partial charge in [-0.15, -0.1) is 11.3 Å². The maximum Gasteiger partial charge on any atom is 0.153 e. The van der Waals surface area contributed by atoms with Crippen LogP contribution in [-0.2, 0) is 12.8 Å². The summed E-state index contributed by atoms with van der Waals surface area (Å²) in [7, 11) is 0. The zero-order valence-corrected chi connectivity index (χ0v) is 10.5. The number of hydrogen-bond acceptors (Lipinski definition) is 3. The van der Waals surface area contributed by atoms with Crippen molar-refractivity contribution in [2.75, 3.05) is 0 Å². The molecule has 2 heterocycles. The van der Waals surface area contributed by atoms with E-state index in [9.17, 15) is 0 Å². The summed E-state index contributed by atoms with van der Waals surface area (Å²) in [4.78, 5) is 5.91. The van der Waals surface area contributed by atoms with E-state index in [2.05, 4.69) is 46.5 Å². The van der Waals surface area contributed by atoms with E-state index in [1.165, 1.54) is 4.88 Å². The number of rotatable bonds is 5. The molecule has 0 bridgehead atoms. The van der Waals surface area contributed by atoms with Crippen molar-refractivity contribution < 1.29 is 0 Å². The van der Waals surface area contributed by atoms with Gasteiger partial charge in [0.15, 0.2) is 5.82 Å². The van der Waals surface area contributed by atoms with Gasteiger partial charge in [-0.2, -0.15) is 5.10 Å². The van der Waals surface area contributed by atoms with Gasteiger partial charge in [-0.1, -0.05) is 19.9 Å². The predicted molar refractivity (Wildman–Crippen MR) is 66.8 cm³/mol. The summed E-state index contributed by atoms with van der Waals surface area (Å²) in [5.74, 6) is 2.34. The third-order valence-corrected chi connectivity index (χ3v) is 3.42. The number of nitrogens with one attached hydrogen (secondary N) is 1. The van der Waals surface area contributed by atoms with Crippen LogP contribution in [0.15, 0.2) is 17.5 Å². The Kier molecular flexibility index (Phi) is 3.72. The second-order valence-corrected chi connectivity index (χ2v) is 5.26. The lowest BCUT2D eigenvalue weighted by Crippen LogP contribution is -1.92. The van der Waals surface area contributed by atoms with Crippen LogP contribution < -0.4 is 0 Å². The molecule has 2 rings (SSSR count). The Morgan fingerprint density at radius 3 is 2.88 bits per heavy atom. The van der Waals surface area contributed by atoms with E-state index in [1.54, 1.807) is 0 Å². The van der Waals surface area contributed by atoms with Crippen molar-refractivity contribution >= 4 is 11.3 Å². The van der Waals surface area contributed by atoms with Gasteiger partial charge in [-0.25, -0.2) is 4.98 Å². The molecule has 0 spiro atoms. The van der Waals surface area contributed by atoms with E-state index in [0.717, 1.165) is 30.9 Å². The molecule has 2 aromatic rings. The first kappa shape index (κ1) is 11.3. The summed E-state index contributed by atoms with van der Waals surface area (Å²) >= 11 is 1.82. The Balaban J connectivity index is 1.81. The molecular formula is C12H17N3S.